The van der Waals surface area contributed by atoms with Crippen LogP contribution in [0.1, 0.15) is 19.8 Å². The van der Waals surface area contributed by atoms with Gasteiger partial charge in [0.05, 0.1) is 15.6 Å². The van der Waals surface area contributed by atoms with Crippen molar-refractivity contribution in [3.8, 4) is 10.7 Å². The van der Waals surface area contributed by atoms with Crippen molar-refractivity contribution in [1.29, 1.82) is 0 Å². The molecule has 24 heavy (non-hydrogen) atoms. The molecule has 1 atom stereocenters. The highest BCUT2D eigenvalue weighted by molar-refractivity contribution is 8.00. The molecular formula is C18H17N3OS2. The molecule has 4 rings (SSSR count). The number of aromatic nitrogens is 2. The third-order valence-electron chi connectivity index (χ3n) is 3.89. The second-order valence-electron chi connectivity index (χ2n) is 5.89. The topological polar surface area (TPSA) is 54.9 Å². The maximum absolute atomic E-state index is 12.3. The Morgan fingerprint density at radius 1 is 1.25 bits per heavy atom. The summed E-state index contributed by atoms with van der Waals surface area (Å²) in [6.07, 6.45) is 2.20. The number of para-hydroxylation sites is 1. The van der Waals surface area contributed by atoms with Gasteiger partial charge in [0.15, 0.2) is 5.82 Å². The molecule has 1 aliphatic carbocycles. The summed E-state index contributed by atoms with van der Waals surface area (Å²) in [6.45, 7) is 1.93. The lowest BCUT2D eigenvalue weighted by Gasteiger charge is -2.13. The summed E-state index contributed by atoms with van der Waals surface area (Å²) in [4.78, 5) is 22.7. The van der Waals surface area contributed by atoms with Crippen molar-refractivity contribution >= 4 is 39.9 Å². The first-order chi connectivity index (χ1) is 11.7. The van der Waals surface area contributed by atoms with Gasteiger partial charge < -0.3 is 5.32 Å². The Bertz CT molecular complexity index is 875. The molecule has 1 aliphatic rings. The number of carbonyl (C=O) groups is 1. The van der Waals surface area contributed by atoms with E-state index in [-0.39, 0.29) is 11.2 Å². The Morgan fingerprint density at radius 2 is 2.08 bits per heavy atom. The average molecular weight is 355 g/mol. The van der Waals surface area contributed by atoms with Crippen LogP contribution in [0.5, 0.6) is 0 Å². The summed E-state index contributed by atoms with van der Waals surface area (Å²) in [5, 5.41) is 6.76. The predicted molar refractivity (Wildman–Crippen MR) is 99.3 cm³/mol. The number of carbonyl (C=O) groups excluding carboxylic acids is 1. The van der Waals surface area contributed by atoms with Gasteiger partial charge in [0.2, 0.25) is 5.91 Å². The predicted octanol–water partition coefficient (Wildman–Crippen LogP) is 4.12. The molecule has 122 valence electrons. The van der Waals surface area contributed by atoms with Crippen molar-refractivity contribution in [2.45, 2.75) is 36.1 Å². The van der Waals surface area contributed by atoms with Crippen molar-refractivity contribution in [2.24, 2.45) is 0 Å². The molecule has 1 N–H and O–H groups in total. The molecule has 1 amide bonds. The van der Waals surface area contributed by atoms with Gasteiger partial charge in [0.1, 0.15) is 5.03 Å². The van der Waals surface area contributed by atoms with Crippen LogP contribution in [0.4, 0.5) is 0 Å². The van der Waals surface area contributed by atoms with E-state index < -0.39 is 0 Å². The standard InChI is InChI=1S/C18H17N3OS2/c1-11(17(22)19-12-8-9-12)24-18-13-5-2-3-6-14(13)20-16(21-18)15-7-4-10-23-15/h2-7,10-12H,8-9H2,1H3,(H,19,22)/t11-/m1/s1. The van der Waals surface area contributed by atoms with Crippen LogP contribution in [0, 0.1) is 0 Å². The quantitative estimate of drug-likeness (QED) is 0.552. The monoisotopic (exact) mass is 355 g/mol. The normalized spacial score (nSPS) is 15.4. The number of hydrogen-bond donors (Lipinski definition) is 1. The zero-order chi connectivity index (χ0) is 16.5. The molecule has 0 aliphatic heterocycles. The van der Waals surface area contributed by atoms with Gasteiger partial charge in [-0.3, -0.25) is 4.79 Å². The van der Waals surface area contributed by atoms with E-state index >= 15 is 0 Å². The second-order valence-corrected chi connectivity index (χ2v) is 8.17. The van der Waals surface area contributed by atoms with E-state index in [9.17, 15) is 4.79 Å². The summed E-state index contributed by atoms with van der Waals surface area (Å²) in [6, 6.07) is 12.4. The molecule has 0 bridgehead atoms. The molecule has 6 heteroatoms. The number of benzene rings is 1. The molecule has 1 aromatic carbocycles. The largest absolute Gasteiger partial charge is 0.352 e. The first-order valence-corrected chi connectivity index (χ1v) is 9.74. The van der Waals surface area contributed by atoms with Crippen molar-refractivity contribution in [3.63, 3.8) is 0 Å². The van der Waals surface area contributed by atoms with Crippen LogP contribution in [-0.2, 0) is 4.79 Å². The molecule has 2 heterocycles. The first-order valence-electron chi connectivity index (χ1n) is 7.98. The molecule has 1 saturated carbocycles. The van der Waals surface area contributed by atoms with Crippen molar-refractivity contribution in [3.05, 3.63) is 41.8 Å². The highest BCUT2D eigenvalue weighted by Crippen LogP contribution is 2.32. The number of amides is 1. The van der Waals surface area contributed by atoms with Crippen LogP contribution >= 0.6 is 23.1 Å². The van der Waals surface area contributed by atoms with Gasteiger partial charge in [0.25, 0.3) is 0 Å². The Hall–Kier alpha value is -1.92. The van der Waals surface area contributed by atoms with Crippen LogP contribution < -0.4 is 5.32 Å². The SMILES string of the molecule is C[C@@H](Sc1nc(-c2cccs2)nc2ccccc12)C(=O)NC1CC1. The minimum absolute atomic E-state index is 0.0860. The smallest absolute Gasteiger partial charge is 0.233 e. The minimum atomic E-state index is -0.180. The fourth-order valence-corrected chi connectivity index (χ4v) is 4.03. The van der Waals surface area contributed by atoms with Gasteiger partial charge in [-0.05, 0) is 37.3 Å². The summed E-state index contributed by atoms with van der Waals surface area (Å²) < 4.78 is 0. The summed E-state index contributed by atoms with van der Waals surface area (Å²) in [5.74, 6) is 0.809. The Morgan fingerprint density at radius 3 is 2.83 bits per heavy atom. The molecule has 2 aromatic heterocycles. The molecule has 0 spiro atoms. The van der Waals surface area contributed by atoms with Crippen LogP contribution in [0.15, 0.2) is 46.8 Å². The second kappa shape index (κ2) is 6.53. The van der Waals surface area contributed by atoms with Gasteiger partial charge in [-0.2, -0.15) is 0 Å². The zero-order valence-corrected chi connectivity index (χ0v) is 14.9. The third kappa shape index (κ3) is 3.30. The van der Waals surface area contributed by atoms with Crippen LogP contribution in [0.25, 0.3) is 21.6 Å². The lowest BCUT2D eigenvalue weighted by Crippen LogP contribution is -2.32. The van der Waals surface area contributed by atoms with E-state index in [4.69, 9.17) is 4.98 Å². The zero-order valence-electron chi connectivity index (χ0n) is 13.2. The average Bonchev–Trinajstić information content (AvgIpc) is 3.23. The number of thioether (sulfide) groups is 1. The van der Waals surface area contributed by atoms with Gasteiger partial charge in [0, 0.05) is 11.4 Å². The number of rotatable bonds is 5. The van der Waals surface area contributed by atoms with E-state index in [1.54, 1.807) is 11.3 Å². The minimum Gasteiger partial charge on any atom is -0.352 e. The Balaban J connectivity index is 1.68. The molecule has 4 nitrogen and oxygen atoms in total. The Labute approximate surface area is 148 Å². The number of hydrogen-bond acceptors (Lipinski definition) is 5. The molecule has 0 radical (unpaired) electrons. The number of nitrogens with one attached hydrogen (secondary N) is 1. The van der Waals surface area contributed by atoms with Gasteiger partial charge in [-0.1, -0.05) is 36.0 Å². The molecule has 1 fully saturated rings. The van der Waals surface area contributed by atoms with Crippen molar-refractivity contribution in [2.75, 3.05) is 0 Å². The van der Waals surface area contributed by atoms with Crippen LogP contribution in [0.2, 0.25) is 0 Å². The van der Waals surface area contributed by atoms with E-state index in [1.807, 2.05) is 48.7 Å². The van der Waals surface area contributed by atoms with Crippen LogP contribution in [-0.4, -0.2) is 27.2 Å². The van der Waals surface area contributed by atoms with Crippen LogP contribution in [0.3, 0.4) is 0 Å². The first kappa shape index (κ1) is 15.6. The number of thiophene rings is 1. The maximum Gasteiger partial charge on any atom is 0.233 e. The highest BCUT2D eigenvalue weighted by Gasteiger charge is 2.26. The molecular weight excluding hydrogens is 338 g/mol. The maximum atomic E-state index is 12.3. The third-order valence-corrected chi connectivity index (χ3v) is 5.86. The number of fused-ring (bicyclic) bond motifs is 1. The molecule has 0 saturated heterocycles. The lowest BCUT2D eigenvalue weighted by molar-refractivity contribution is -0.120. The lowest BCUT2D eigenvalue weighted by atomic mass is 10.2. The highest BCUT2D eigenvalue weighted by atomic mass is 32.2. The summed E-state index contributed by atoms with van der Waals surface area (Å²) >= 11 is 3.13. The Kier molecular flexibility index (Phi) is 4.24. The summed E-state index contributed by atoms with van der Waals surface area (Å²) in [5.41, 5.74) is 0.910. The fraction of sp³-hybridized carbons (Fsp3) is 0.278. The fourth-order valence-electron chi connectivity index (χ4n) is 2.42. The van der Waals surface area contributed by atoms with E-state index in [1.165, 1.54) is 11.8 Å². The van der Waals surface area contributed by atoms with Crippen molar-refractivity contribution in [1.82, 2.24) is 15.3 Å². The van der Waals surface area contributed by atoms with E-state index in [0.717, 1.165) is 39.5 Å². The van der Waals surface area contributed by atoms with E-state index in [0.29, 0.717) is 6.04 Å². The van der Waals surface area contributed by atoms with Gasteiger partial charge in [-0.25, -0.2) is 9.97 Å². The van der Waals surface area contributed by atoms with Gasteiger partial charge in [-0.15, -0.1) is 11.3 Å². The molecule has 3 aromatic rings. The van der Waals surface area contributed by atoms with Gasteiger partial charge >= 0.3 is 0 Å². The van der Waals surface area contributed by atoms with Crippen molar-refractivity contribution < 1.29 is 4.79 Å². The summed E-state index contributed by atoms with van der Waals surface area (Å²) in [7, 11) is 0. The number of nitrogens with zero attached hydrogens (tertiary/aromatic N) is 2. The van der Waals surface area contributed by atoms with E-state index in [2.05, 4.69) is 10.3 Å². The molecule has 0 unspecified atom stereocenters.